The summed E-state index contributed by atoms with van der Waals surface area (Å²) in [5.74, 6) is 0.991. The molecule has 1 N–H and O–H groups in total. The second-order valence-corrected chi connectivity index (χ2v) is 12.5. The van der Waals surface area contributed by atoms with Gasteiger partial charge in [0.2, 0.25) is 0 Å². The van der Waals surface area contributed by atoms with E-state index in [2.05, 4.69) is 26.8 Å². The van der Waals surface area contributed by atoms with Gasteiger partial charge in [0.05, 0.1) is 24.9 Å². The van der Waals surface area contributed by atoms with E-state index in [1.165, 1.54) is 10.1 Å². The summed E-state index contributed by atoms with van der Waals surface area (Å²) < 4.78 is 10.6. The van der Waals surface area contributed by atoms with E-state index in [0.29, 0.717) is 24.7 Å². The number of ether oxygens (including phenoxy) is 1. The summed E-state index contributed by atoms with van der Waals surface area (Å²) in [7, 11) is 0. The Morgan fingerprint density at radius 1 is 0.972 bits per heavy atom. The Kier molecular flexibility index (Phi) is 4.65. The molecule has 3 heterocycles. The van der Waals surface area contributed by atoms with E-state index in [1.807, 2.05) is 18.2 Å². The Balaban J connectivity index is 1.28. The van der Waals surface area contributed by atoms with Gasteiger partial charge in [0.1, 0.15) is 11.7 Å². The highest BCUT2D eigenvalue weighted by molar-refractivity contribution is 5.31. The van der Waals surface area contributed by atoms with Gasteiger partial charge in [-0.25, -0.2) is 23.5 Å². The van der Waals surface area contributed by atoms with Crippen molar-refractivity contribution < 1.29 is 9.84 Å². The van der Waals surface area contributed by atoms with E-state index in [9.17, 15) is 14.7 Å². The van der Waals surface area contributed by atoms with Crippen LogP contribution >= 0.6 is 0 Å². The molecule has 7 heteroatoms. The maximum absolute atomic E-state index is 13.4. The molecule has 0 spiro atoms. The van der Waals surface area contributed by atoms with Crippen LogP contribution < -0.4 is 11.4 Å². The molecule has 1 aromatic carbocycles. The van der Waals surface area contributed by atoms with Crippen LogP contribution in [0.5, 0.6) is 0 Å². The Labute approximate surface area is 211 Å². The number of para-hydroxylation sites is 1. The van der Waals surface area contributed by atoms with Crippen LogP contribution in [0.3, 0.4) is 0 Å². The second-order valence-electron chi connectivity index (χ2n) is 12.5. The highest BCUT2D eigenvalue weighted by Gasteiger charge is 2.77. The van der Waals surface area contributed by atoms with Crippen LogP contribution in [0.2, 0.25) is 0 Å². The van der Waals surface area contributed by atoms with E-state index in [-0.39, 0.29) is 46.3 Å². The van der Waals surface area contributed by atoms with Crippen molar-refractivity contribution in [2.45, 2.75) is 90.2 Å². The molecule has 2 bridgehead atoms. The highest BCUT2D eigenvalue weighted by Crippen LogP contribution is 2.73. The molecule has 5 aliphatic rings. The van der Waals surface area contributed by atoms with Crippen molar-refractivity contribution in [2.75, 3.05) is 0 Å². The zero-order chi connectivity index (χ0) is 25.0. The predicted octanol–water partition coefficient (Wildman–Crippen LogP) is 3.50. The molecule has 7 nitrogen and oxygen atoms in total. The van der Waals surface area contributed by atoms with Gasteiger partial charge in [0, 0.05) is 10.8 Å². The summed E-state index contributed by atoms with van der Waals surface area (Å²) >= 11 is 0. The van der Waals surface area contributed by atoms with Crippen molar-refractivity contribution in [3.05, 3.63) is 62.9 Å². The van der Waals surface area contributed by atoms with Crippen LogP contribution in [-0.2, 0) is 17.8 Å². The van der Waals surface area contributed by atoms with Crippen LogP contribution in [0.4, 0.5) is 0 Å². The number of nitrogens with zero attached hydrogens (tertiary/aromatic N) is 3. The van der Waals surface area contributed by atoms with Gasteiger partial charge >= 0.3 is 11.4 Å². The van der Waals surface area contributed by atoms with Crippen molar-refractivity contribution in [1.82, 2.24) is 13.9 Å². The van der Waals surface area contributed by atoms with Gasteiger partial charge in [-0.15, -0.1) is 0 Å². The highest BCUT2D eigenvalue weighted by atomic mass is 16.6. The number of aliphatic hydroxyl groups is 1. The Morgan fingerprint density at radius 2 is 1.69 bits per heavy atom. The Bertz CT molecular complexity index is 1370. The third-order valence-electron chi connectivity index (χ3n) is 11.5. The van der Waals surface area contributed by atoms with Gasteiger partial charge in [-0.2, -0.15) is 0 Å². The van der Waals surface area contributed by atoms with E-state index >= 15 is 0 Å². The molecule has 36 heavy (non-hydrogen) atoms. The molecule has 8 atom stereocenters. The smallest absolute Gasteiger partial charge is 0.352 e. The van der Waals surface area contributed by atoms with E-state index in [4.69, 9.17) is 4.74 Å². The topological polar surface area (TPSA) is 81.7 Å². The summed E-state index contributed by atoms with van der Waals surface area (Å²) in [6.07, 6.45) is 8.54. The van der Waals surface area contributed by atoms with Gasteiger partial charge in [-0.1, -0.05) is 45.0 Å². The zero-order valence-electron chi connectivity index (χ0n) is 21.5. The molecule has 2 aromatic rings. The molecular weight excluding hydrogens is 454 g/mol. The number of allylic oxidation sites excluding steroid dienone is 2. The predicted molar refractivity (Wildman–Crippen MR) is 136 cm³/mol. The lowest BCUT2D eigenvalue weighted by atomic mass is 9.42. The lowest BCUT2D eigenvalue weighted by Crippen LogP contribution is -2.69. The van der Waals surface area contributed by atoms with Gasteiger partial charge in [-0.3, -0.25) is 0 Å². The number of hydrogen-bond donors (Lipinski definition) is 1. The van der Waals surface area contributed by atoms with Crippen LogP contribution in [0, 0.1) is 28.6 Å². The summed E-state index contributed by atoms with van der Waals surface area (Å²) in [4.78, 5) is 26.6. The molecule has 4 fully saturated rings. The minimum absolute atomic E-state index is 0.0340. The maximum Gasteiger partial charge on any atom is 0.352 e. The van der Waals surface area contributed by atoms with Gasteiger partial charge in [0.25, 0.3) is 0 Å². The first kappa shape index (κ1) is 22.8. The molecule has 2 aliphatic heterocycles. The number of epoxide rings is 1. The average Bonchev–Trinajstić information content (AvgIpc) is 3.64. The van der Waals surface area contributed by atoms with Crippen molar-refractivity contribution in [3.63, 3.8) is 0 Å². The molecular formula is C29H37N3O4. The molecule has 0 amide bonds. The lowest BCUT2D eigenvalue weighted by Gasteiger charge is -2.64. The minimum atomic E-state index is -0.806. The largest absolute Gasteiger partial charge is 0.386 e. The monoisotopic (exact) mass is 491 g/mol. The van der Waals surface area contributed by atoms with E-state index in [1.54, 1.807) is 21.5 Å². The van der Waals surface area contributed by atoms with E-state index in [0.717, 1.165) is 38.5 Å². The molecule has 0 radical (unpaired) electrons. The zero-order valence-corrected chi connectivity index (χ0v) is 21.5. The fraction of sp³-hybridized carbons (Fsp3) is 0.655. The summed E-state index contributed by atoms with van der Waals surface area (Å²) in [5.41, 5.74) is 0.120. The number of aromatic nitrogens is 3. The molecule has 192 valence electrons. The molecule has 3 saturated carbocycles. The third kappa shape index (κ3) is 2.61. The van der Waals surface area contributed by atoms with Gasteiger partial charge in [-0.05, 0) is 74.0 Å². The fourth-order valence-electron chi connectivity index (χ4n) is 9.17. The Hall–Kier alpha value is -2.38. The van der Waals surface area contributed by atoms with Crippen molar-refractivity contribution in [1.29, 1.82) is 0 Å². The number of fused-ring (bicyclic) bond motifs is 2. The minimum Gasteiger partial charge on any atom is -0.386 e. The molecule has 3 unspecified atom stereocenters. The van der Waals surface area contributed by atoms with Crippen LogP contribution in [0.15, 0.2) is 51.6 Å². The van der Waals surface area contributed by atoms with Gasteiger partial charge < -0.3 is 9.84 Å². The van der Waals surface area contributed by atoms with Crippen LogP contribution in [0.25, 0.3) is 5.69 Å². The van der Waals surface area contributed by atoms with Crippen molar-refractivity contribution in [3.8, 4) is 5.69 Å². The second kappa shape index (κ2) is 7.35. The number of benzene rings is 1. The molecule has 7 rings (SSSR count). The summed E-state index contributed by atoms with van der Waals surface area (Å²) in [6.45, 7) is 7.84. The molecule has 3 aliphatic carbocycles. The standard InChI is InChI=1S/C29H37N3O4/c1-18-9-14-28-15-11-23-24(36-23)29(28,35)27(18,3)13-10-22(19(28)2)20-12-16-30-25(33)32(26(34)31(30)17-20)21-7-5-4-6-8-21/h4-8,12,18-19,22-24,35H,9-11,13-17H2,1-3H3/t18?,19-,22+,23?,24?,27+,28-,29+/m0/s1. The molecule has 1 aromatic heterocycles. The summed E-state index contributed by atoms with van der Waals surface area (Å²) in [6, 6.07) is 9.17. The van der Waals surface area contributed by atoms with Crippen LogP contribution in [0.1, 0.15) is 59.3 Å². The maximum atomic E-state index is 13.4. The first-order valence-corrected chi connectivity index (χ1v) is 13.8. The molecule has 1 saturated heterocycles. The average molecular weight is 492 g/mol. The first-order valence-electron chi connectivity index (χ1n) is 13.8. The van der Waals surface area contributed by atoms with Crippen molar-refractivity contribution >= 4 is 0 Å². The van der Waals surface area contributed by atoms with Crippen LogP contribution in [-0.4, -0.2) is 36.8 Å². The summed E-state index contributed by atoms with van der Waals surface area (Å²) in [5, 5.41) is 12.7. The van der Waals surface area contributed by atoms with Gasteiger partial charge in [0.15, 0.2) is 0 Å². The SMILES string of the molecule is CC1CC[C@@]23CCC4OC4[C@@]2(O)[C@]1(C)CC[C@@H](C1=CCn2c(=O)n(-c4ccccc4)c(=O)n2C1)[C@@H]3C. The number of hydrogen-bond acceptors (Lipinski definition) is 4. The lowest BCUT2D eigenvalue weighted by molar-refractivity contribution is -0.246. The first-order chi connectivity index (χ1) is 17.2. The quantitative estimate of drug-likeness (QED) is 0.515. The fourth-order valence-corrected chi connectivity index (χ4v) is 9.17. The number of rotatable bonds is 2. The van der Waals surface area contributed by atoms with Crippen molar-refractivity contribution in [2.24, 2.45) is 28.6 Å². The third-order valence-corrected chi connectivity index (χ3v) is 11.5. The van der Waals surface area contributed by atoms with E-state index < -0.39 is 5.60 Å². The normalized spacial score (nSPS) is 43.0. The Morgan fingerprint density at radius 3 is 2.47 bits per heavy atom.